The zero-order valence-corrected chi connectivity index (χ0v) is 11.1. The number of rotatable bonds is 4. The van der Waals surface area contributed by atoms with Crippen molar-refractivity contribution in [2.45, 2.75) is 6.54 Å². The predicted octanol–water partition coefficient (Wildman–Crippen LogP) is 3.15. The molecule has 6 nitrogen and oxygen atoms in total. The second-order valence-electron chi connectivity index (χ2n) is 4.52. The van der Waals surface area contributed by atoms with Crippen LogP contribution in [0.3, 0.4) is 0 Å². The maximum atomic E-state index is 11.1. The average molecular weight is 280 g/mol. The third kappa shape index (κ3) is 2.64. The standard InChI is InChI=1S/C15H12N4O2/c20-19(21)15-2-1-14(13-10-17-8-5-12(13)15)18-9-11-3-6-16-7-4-11/h1-8,10,18H,9H2. The molecule has 2 heterocycles. The van der Waals surface area contributed by atoms with E-state index in [1.807, 2.05) is 12.1 Å². The third-order valence-electron chi connectivity index (χ3n) is 3.22. The molecule has 2 aromatic heterocycles. The molecule has 0 saturated heterocycles. The number of non-ortho nitro benzene ring substituents is 1. The van der Waals surface area contributed by atoms with Gasteiger partial charge in [0, 0.05) is 48.5 Å². The van der Waals surface area contributed by atoms with E-state index >= 15 is 0 Å². The van der Waals surface area contributed by atoms with Gasteiger partial charge in [0.25, 0.3) is 5.69 Å². The topological polar surface area (TPSA) is 81.0 Å². The highest BCUT2D eigenvalue weighted by atomic mass is 16.6. The average Bonchev–Trinajstić information content (AvgIpc) is 2.53. The number of pyridine rings is 2. The highest BCUT2D eigenvalue weighted by molar-refractivity contribution is 5.99. The van der Waals surface area contributed by atoms with E-state index in [-0.39, 0.29) is 10.6 Å². The Balaban J connectivity index is 1.96. The predicted molar refractivity (Wildman–Crippen MR) is 80.0 cm³/mol. The molecule has 104 valence electrons. The number of fused-ring (bicyclic) bond motifs is 1. The Kier molecular flexibility index (Phi) is 3.42. The number of nitrogens with one attached hydrogen (secondary N) is 1. The molecule has 6 heteroatoms. The van der Waals surface area contributed by atoms with E-state index in [1.165, 1.54) is 6.07 Å². The minimum Gasteiger partial charge on any atom is -0.380 e. The van der Waals surface area contributed by atoms with Crippen molar-refractivity contribution in [3.8, 4) is 0 Å². The zero-order chi connectivity index (χ0) is 14.7. The molecule has 0 saturated carbocycles. The number of nitro groups is 1. The second kappa shape index (κ2) is 5.54. The normalized spacial score (nSPS) is 10.5. The van der Waals surface area contributed by atoms with Crippen LogP contribution in [-0.4, -0.2) is 14.9 Å². The lowest BCUT2D eigenvalue weighted by atomic mass is 10.1. The molecule has 3 rings (SSSR count). The Labute approximate surface area is 120 Å². The maximum Gasteiger partial charge on any atom is 0.277 e. The summed E-state index contributed by atoms with van der Waals surface area (Å²) in [6.07, 6.45) is 6.65. The van der Waals surface area contributed by atoms with Crippen LogP contribution < -0.4 is 5.32 Å². The molecule has 0 bridgehead atoms. The van der Waals surface area contributed by atoms with Crippen molar-refractivity contribution in [3.05, 3.63) is 70.8 Å². The summed E-state index contributed by atoms with van der Waals surface area (Å²) >= 11 is 0. The van der Waals surface area contributed by atoms with E-state index in [4.69, 9.17) is 0 Å². The van der Waals surface area contributed by atoms with Gasteiger partial charge < -0.3 is 5.32 Å². The number of benzene rings is 1. The maximum absolute atomic E-state index is 11.1. The number of anilines is 1. The molecule has 0 aliphatic rings. The van der Waals surface area contributed by atoms with Crippen molar-refractivity contribution in [1.29, 1.82) is 0 Å². The monoisotopic (exact) mass is 280 g/mol. The first-order valence-corrected chi connectivity index (χ1v) is 6.39. The van der Waals surface area contributed by atoms with E-state index < -0.39 is 0 Å². The summed E-state index contributed by atoms with van der Waals surface area (Å²) in [5.74, 6) is 0. The van der Waals surface area contributed by atoms with Crippen LogP contribution in [-0.2, 0) is 6.54 Å². The Hall–Kier alpha value is -3.02. The van der Waals surface area contributed by atoms with E-state index in [2.05, 4.69) is 15.3 Å². The Bertz CT molecular complexity index is 790. The van der Waals surface area contributed by atoms with Crippen molar-refractivity contribution in [1.82, 2.24) is 9.97 Å². The summed E-state index contributed by atoms with van der Waals surface area (Å²) in [4.78, 5) is 18.7. The molecule has 0 spiro atoms. The largest absolute Gasteiger partial charge is 0.380 e. The quantitative estimate of drug-likeness (QED) is 0.586. The summed E-state index contributed by atoms with van der Waals surface area (Å²) in [6, 6.07) is 8.71. The summed E-state index contributed by atoms with van der Waals surface area (Å²) in [6.45, 7) is 0.615. The first kappa shape index (κ1) is 13.0. The molecular formula is C15H12N4O2. The zero-order valence-electron chi connectivity index (χ0n) is 11.1. The first-order valence-electron chi connectivity index (χ1n) is 6.39. The van der Waals surface area contributed by atoms with E-state index in [0.717, 1.165) is 16.6 Å². The number of aromatic nitrogens is 2. The van der Waals surface area contributed by atoms with Crippen molar-refractivity contribution >= 4 is 22.1 Å². The van der Waals surface area contributed by atoms with Crippen LogP contribution in [0.15, 0.2) is 55.1 Å². The SMILES string of the molecule is O=[N+]([O-])c1ccc(NCc2ccncc2)c2cnccc12. The van der Waals surface area contributed by atoms with Gasteiger partial charge in [-0.15, -0.1) is 0 Å². The molecule has 3 aromatic rings. The van der Waals surface area contributed by atoms with Gasteiger partial charge >= 0.3 is 0 Å². The number of nitrogens with zero attached hydrogens (tertiary/aromatic N) is 3. The van der Waals surface area contributed by atoms with E-state index in [0.29, 0.717) is 11.9 Å². The number of nitro benzene ring substituents is 1. The van der Waals surface area contributed by atoms with E-state index in [1.54, 1.807) is 36.9 Å². The molecule has 0 unspecified atom stereocenters. The summed E-state index contributed by atoms with van der Waals surface area (Å²) in [5, 5.41) is 15.7. The minimum absolute atomic E-state index is 0.0851. The number of hydrogen-bond acceptors (Lipinski definition) is 5. The van der Waals surface area contributed by atoms with Gasteiger partial charge in [-0.1, -0.05) is 0 Å². The van der Waals surface area contributed by atoms with Crippen LogP contribution in [0, 0.1) is 10.1 Å². The van der Waals surface area contributed by atoms with Crippen LogP contribution in [0.2, 0.25) is 0 Å². The highest BCUT2D eigenvalue weighted by Crippen LogP contribution is 2.30. The first-order chi connectivity index (χ1) is 10.3. The van der Waals surface area contributed by atoms with Crippen molar-refractivity contribution in [3.63, 3.8) is 0 Å². The van der Waals surface area contributed by atoms with Gasteiger partial charge in [0.05, 0.1) is 10.3 Å². The minimum atomic E-state index is -0.380. The van der Waals surface area contributed by atoms with Crippen LogP contribution in [0.1, 0.15) is 5.56 Å². The van der Waals surface area contributed by atoms with Gasteiger partial charge in [-0.25, -0.2) is 0 Å². The second-order valence-corrected chi connectivity index (χ2v) is 4.52. The molecule has 0 aliphatic heterocycles. The van der Waals surface area contributed by atoms with Gasteiger partial charge in [-0.05, 0) is 29.8 Å². The molecule has 0 fully saturated rings. The van der Waals surface area contributed by atoms with Crippen molar-refractivity contribution < 1.29 is 4.92 Å². The fourth-order valence-corrected chi connectivity index (χ4v) is 2.19. The summed E-state index contributed by atoms with van der Waals surface area (Å²) in [7, 11) is 0. The lowest BCUT2D eigenvalue weighted by Crippen LogP contribution is -2.01. The number of hydrogen-bond donors (Lipinski definition) is 1. The van der Waals surface area contributed by atoms with Gasteiger partial charge in [0.15, 0.2) is 0 Å². The lowest BCUT2D eigenvalue weighted by Gasteiger charge is -2.09. The van der Waals surface area contributed by atoms with Crippen molar-refractivity contribution in [2.24, 2.45) is 0 Å². The molecule has 1 N–H and O–H groups in total. The van der Waals surface area contributed by atoms with Gasteiger partial charge in [-0.3, -0.25) is 20.1 Å². The molecule has 0 amide bonds. The summed E-state index contributed by atoms with van der Waals surface area (Å²) < 4.78 is 0. The molecule has 0 aliphatic carbocycles. The van der Waals surface area contributed by atoms with Crippen LogP contribution in [0.4, 0.5) is 11.4 Å². The van der Waals surface area contributed by atoms with Gasteiger partial charge in [0.1, 0.15) is 0 Å². The highest BCUT2D eigenvalue weighted by Gasteiger charge is 2.13. The molecule has 0 radical (unpaired) electrons. The van der Waals surface area contributed by atoms with Gasteiger partial charge in [0.2, 0.25) is 0 Å². The molecule has 0 atom stereocenters. The fourth-order valence-electron chi connectivity index (χ4n) is 2.19. The van der Waals surface area contributed by atoms with Gasteiger partial charge in [-0.2, -0.15) is 0 Å². The Morgan fingerprint density at radius 2 is 1.76 bits per heavy atom. The Morgan fingerprint density at radius 3 is 2.52 bits per heavy atom. The smallest absolute Gasteiger partial charge is 0.277 e. The molecule has 1 aromatic carbocycles. The molecular weight excluding hydrogens is 268 g/mol. The third-order valence-corrected chi connectivity index (χ3v) is 3.22. The Morgan fingerprint density at radius 1 is 1.00 bits per heavy atom. The fraction of sp³-hybridized carbons (Fsp3) is 0.0667. The van der Waals surface area contributed by atoms with Crippen molar-refractivity contribution in [2.75, 3.05) is 5.32 Å². The molecule has 21 heavy (non-hydrogen) atoms. The summed E-state index contributed by atoms with van der Waals surface area (Å²) in [5.41, 5.74) is 1.99. The van der Waals surface area contributed by atoms with Crippen LogP contribution >= 0.6 is 0 Å². The van der Waals surface area contributed by atoms with E-state index in [9.17, 15) is 10.1 Å². The van der Waals surface area contributed by atoms with Crippen LogP contribution in [0.25, 0.3) is 10.8 Å². The lowest BCUT2D eigenvalue weighted by molar-refractivity contribution is -0.383. The van der Waals surface area contributed by atoms with Crippen LogP contribution in [0.5, 0.6) is 0 Å².